The van der Waals surface area contributed by atoms with Crippen molar-refractivity contribution in [2.24, 2.45) is 5.92 Å². The summed E-state index contributed by atoms with van der Waals surface area (Å²) in [7, 11) is 0. The number of para-hydroxylation sites is 2. The van der Waals surface area contributed by atoms with E-state index in [2.05, 4.69) is 15.2 Å². The van der Waals surface area contributed by atoms with E-state index in [4.69, 9.17) is 9.15 Å². The molecule has 0 spiro atoms. The minimum absolute atomic E-state index is 0.0881. The van der Waals surface area contributed by atoms with Gasteiger partial charge in [-0.15, -0.1) is 0 Å². The van der Waals surface area contributed by atoms with Crippen molar-refractivity contribution in [3.8, 4) is 0 Å². The molecule has 6 heteroatoms. The molecule has 4 rings (SSSR count). The number of anilines is 1. The van der Waals surface area contributed by atoms with E-state index in [-0.39, 0.29) is 11.8 Å². The van der Waals surface area contributed by atoms with Crippen LogP contribution in [0.3, 0.4) is 0 Å². The van der Waals surface area contributed by atoms with Gasteiger partial charge >= 0.3 is 0 Å². The van der Waals surface area contributed by atoms with Gasteiger partial charge in [-0.1, -0.05) is 12.1 Å². The molecule has 1 atom stereocenters. The van der Waals surface area contributed by atoms with Crippen LogP contribution in [-0.4, -0.2) is 43.2 Å². The van der Waals surface area contributed by atoms with Crippen LogP contribution in [0.5, 0.6) is 0 Å². The van der Waals surface area contributed by atoms with Gasteiger partial charge in [-0.3, -0.25) is 4.79 Å². The van der Waals surface area contributed by atoms with Crippen LogP contribution in [0.15, 0.2) is 28.7 Å². The van der Waals surface area contributed by atoms with Gasteiger partial charge in [0.2, 0.25) is 5.91 Å². The number of rotatable bonds is 5. The van der Waals surface area contributed by atoms with Crippen molar-refractivity contribution < 1.29 is 13.9 Å². The number of nitrogens with one attached hydrogen (secondary N) is 1. The molecule has 0 saturated carbocycles. The third-order valence-electron chi connectivity index (χ3n) is 5.21. The summed E-state index contributed by atoms with van der Waals surface area (Å²) in [4.78, 5) is 19.0. The summed E-state index contributed by atoms with van der Waals surface area (Å²) in [6.07, 6.45) is 5.20. The zero-order valence-corrected chi connectivity index (χ0v) is 14.4. The van der Waals surface area contributed by atoms with Gasteiger partial charge in [-0.2, -0.15) is 4.98 Å². The van der Waals surface area contributed by atoms with E-state index in [1.54, 1.807) is 0 Å². The molecule has 0 bridgehead atoms. The van der Waals surface area contributed by atoms with Gasteiger partial charge in [0.25, 0.3) is 6.01 Å². The number of carbonyl (C=O) groups is 1. The number of oxazole rings is 1. The fraction of sp³-hybridized carbons (Fsp3) is 0.579. The molecule has 0 unspecified atom stereocenters. The molecule has 2 aliphatic heterocycles. The number of hydrogen-bond donors (Lipinski definition) is 1. The Hall–Kier alpha value is -2.08. The number of carbonyl (C=O) groups excluding carboxylic acids is 1. The number of benzene rings is 1. The highest BCUT2D eigenvalue weighted by molar-refractivity contribution is 5.79. The Morgan fingerprint density at radius 2 is 2.08 bits per heavy atom. The fourth-order valence-corrected chi connectivity index (χ4v) is 3.70. The lowest BCUT2D eigenvalue weighted by Crippen LogP contribution is -2.41. The molecule has 1 amide bonds. The summed E-state index contributed by atoms with van der Waals surface area (Å²) >= 11 is 0. The number of aromatic nitrogens is 1. The highest BCUT2D eigenvalue weighted by Gasteiger charge is 2.27. The van der Waals surface area contributed by atoms with E-state index < -0.39 is 0 Å². The molecule has 1 N–H and O–H groups in total. The van der Waals surface area contributed by atoms with Gasteiger partial charge in [-0.05, 0) is 44.2 Å². The highest BCUT2D eigenvalue weighted by Crippen LogP contribution is 2.26. The van der Waals surface area contributed by atoms with Gasteiger partial charge in [0, 0.05) is 32.2 Å². The number of nitrogens with zero attached hydrogens (tertiary/aromatic N) is 2. The number of ether oxygens (including phenoxy) is 1. The molecule has 25 heavy (non-hydrogen) atoms. The molecular weight excluding hydrogens is 318 g/mol. The summed E-state index contributed by atoms with van der Waals surface area (Å²) in [5.74, 6) is 0.264. The first-order valence-corrected chi connectivity index (χ1v) is 9.29. The van der Waals surface area contributed by atoms with Gasteiger partial charge in [0.05, 0.1) is 6.10 Å². The Bertz CT molecular complexity index is 683. The van der Waals surface area contributed by atoms with E-state index in [9.17, 15) is 4.79 Å². The number of fused-ring (bicyclic) bond motifs is 1. The minimum atomic E-state index is 0.0881. The third kappa shape index (κ3) is 3.79. The quantitative estimate of drug-likeness (QED) is 0.904. The second-order valence-electron chi connectivity index (χ2n) is 6.94. The fourth-order valence-electron chi connectivity index (χ4n) is 3.70. The highest BCUT2D eigenvalue weighted by atomic mass is 16.5. The van der Waals surface area contributed by atoms with Crippen LogP contribution < -0.4 is 10.2 Å². The zero-order chi connectivity index (χ0) is 17.1. The molecule has 1 aromatic heterocycles. The second-order valence-corrected chi connectivity index (χ2v) is 6.94. The molecule has 2 saturated heterocycles. The van der Waals surface area contributed by atoms with Crippen molar-refractivity contribution in [3.05, 3.63) is 24.3 Å². The summed E-state index contributed by atoms with van der Waals surface area (Å²) < 4.78 is 11.4. The van der Waals surface area contributed by atoms with Gasteiger partial charge in [0.15, 0.2) is 5.58 Å². The lowest BCUT2D eigenvalue weighted by molar-refractivity contribution is -0.125. The Morgan fingerprint density at radius 3 is 2.84 bits per heavy atom. The Labute approximate surface area is 147 Å². The van der Waals surface area contributed by atoms with Crippen LogP contribution in [0, 0.1) is 5.92 Å². The first-order valence-electron chi connectivity index (χ1n) is 9.29. The van der Waals surface area contributed by atoms with E-state index in [0.717, 1.165) is 69.4 Å². The van der Waals surface area contributed by atoms with Crippen molar-refractivity contribution in [2.75, 3.05) is 31.1 Å². The van der Waals surface area contributed by atoms with Crippen molar-refractivity contribution in [2.45, 2.75) is 38.2 Å². The largest absolute Gasteiger partial charge is 0.423 e. The van der Waals surface area contributed by atoms with E-state index in [1.807, 2.05) is 24.3 Å². The topological polar surface area (TPSA) is 67.6 Å². The molecule has 134 valence electrons. The maximum atomic E-state index is 12.3. The monoisotopic (exact) mass is 343 g/mol. The van der Waals surface area contributed by atoms with E-state index in [0.29, 0.717) is 12.1 Å². The maximum absolute atomic E-state index is 12.3. The average molecular weight is 343 g/mol. The van der Waals surface area contributed by atoms with Crippen LogP contribution in [0.1, 0.15) is 32.1 Å². The van der Waals surface area contributed by atoms with Crippen molar-refractivity contribution in [1.82, 2.24) is 10.3 Å². The Balaban J connectivity index is 1.25. The molecular formula is C19H25N3O3. The molecule has 1 aromatic carbocycles. The van der Waals surface area contributed by atoms with Crippen LogP contribution in [-0.2, 0) is 9.53 Å². The number of hydrogen-bond acceptors (Lipinski definition) is 5. The lowest BCUT2D eigenvalue weighted by atomic mass is 9.96. The van der Waals surface area contributed by atoms with Crippen LogP contribution in [0.25, 0.3) is 11.1 Å². The zero-order valence-electron chi connectivity index (χ0n) is 14.4. The normalized spacial score (nSPS) is 21.8. The predicted molar refractivity (Wildman–Crippen MR) is 95.5 cm³/mol. The summed E-state index contributed by atoms with van der Waals surface area (Å²) in [5, 5.41) is 3.08. The smallest absolute Gasteiger partial charge is 0.298 e. The molecule has 2 fully saturated rings. The van der Waals surface area contributed by atoms with Crippen molar-refractivity contribution in [3.63, 3.8) is 0 Å². The Morgan fingerprint density at radius 1 is 1.24 bits per heavy atom. The van der Waals surface area contributed by atoms with Gasteiger partial charge < -0.3 is 19.4 Å². The van der Waals surface area contributed by atoms with Crippen molar-refractivity contribution in [1.29, 1.82) is 0 Å². The van der Waals surface area contributed by atoms with E-state index in [1.165, 1.54) is 0 Å². The first kappa shape index (κ1) is 16.4. The number of amides is 1. The number of piperidine rings is 1. The minimum Gasteiger partial charge on any atom is -0.423 e. The van der Waals surface area contributed by atoms with Crippen LogP contribution in [0.4, 0.5) is 6.01 Å². The molecule has 0 radical (unpaired) electrons. The molecule has 6 nitrogen and oxygen atoms in total. The van der Waals surface area contributed by atoms with Crippen molar-refractivity contribution >= 4 is 23.0 Å². The van der Waals surface area contributed by atoms with Crippen LogP contribution >= 0.6 is 0 Å². The first-order chi connectivity index (χ1) is 12.3. The summed E-state index contributed by atoms with van der Waals surface area (Å²) in [6, 6.07) is 8.46. The lowest BCUT2D eigenvalue weighted by Gasteiger charge is -2.30. The second kappa shape index (κ2) is 7.44. The van der Waals surface area contributed by atoms with Gasteiger partial charge in [-0.25, -0.2) is 0 Å². The van der Waals surface area contributed by atoms with Gasteiger partial charge in [0.1, 0.15) is 5.52 Å². The maximum Gasteiger partial charge on any atom is 0.298 e. The molecule has 3 heterocycles. The average Bonchev–Trinajstić information content (AvgIpc) is 3.31. The molecule has 0 aliphatic carbocycles. The summed E-state index contributed by atoms with van der Waals surface area (Å²) in [6.45, 7) is 3.19. The summed E-state index contributed by atoms with van der Waals surface area (Å²) in [5.41, 5.74) is 1.69. The molecule has 2 aromatic rings. The SMILES string of the molecule is O=C(NCC[C@H]1CCCO1)C1CCN(c2nc3ccccc3o2)CC1. The predicted octanol–water partition coefficient (Wildman–Crippen LogP) is 2.73. The van der Waals surface area contributed by atoms with E-state index >= 15 is 0 Å². The standard InChI is InChI=1S/C19H25N3O3/c23-18(20-10-7-15-4-3-13-24-15)14-8-11-22(12-9-14)19-21-16-5-1-2-6-17(16)25-19/h1-2,5-6,14-15H,3-4,7-13H2,(H,20,23)/t15-/m1/s1. The Kier molecular flexibility index (Phi) is 4.88. The molecule has 2 aliphatic rings. The van der Waals surface area contributed by atoms with Crippen LogP contribution in [0.2, 0.25) is 0 Å². The third-order valence-corrected chi connectivity index (χ3v) is 5.21.